The van der Waals surface area contributed by atoms with Gasteiger partial charge in [-0.1, -0.05) is 6.07 Å². The molecule has 0 spiro atoms. The van der Waals surface area contributed by atoms with Crippen molar-refractivity contribution in [3.8, 4) is 0 Å². The summed E-state index contributed by atoms with van der Waals surface area (Å²) in [7, 11) is 0. The smallest absolute Gasteiger partial charge is 0.105 e. The Hall–Kier alpha value is -1.08. The van der Waals surface area contributed by atoms with Gasteiger partial charge in [0, 0.05) is 32.8 Å². The summed E-state index contributed by atoms with van der Waals surface area (Å²) in [5.74, 6) is 1.02. The van der Waals surface area contributed by atoms with Crippen LogP contribution in [0.4, 0.5) is 0 Å². The van der Waals surface area contributed by atoms with E-state index < -0.39 is 0 Å². The highest BCUT2D eigenvalue weighted by Crippen LogP contribution is 2.27. The first-order valence-electron chi connectivity index (χ1n) is 8.58. The average molecular weight is 332 g/mol. The first-order chi connectivity index (χ1) is 11.3. The number of fused-ring (bicyclic) bond motifs is 1. The molecular formula is C17H24N4OS. The molecule has 124 valence electrons. The normalized spacial score (nSPS) is 26.5. The Morgan fingerprint density at radius 3 is 2.65 bits per heavy atom. The van der Waals surface area contributed by atoms with E-state index in [0.717, 1.165) is 37.2 Å². The van der Waals surface area contributed by atoms with E-state index in [0.29, 0.717) is 18.4 Å². The van der Waals surface area contributed by atoms with Gasteiger partial charge in [-0.25, -0.2) is 0 Å². The molecule has 23 heavy (non-hydrogen) atoms. The van der Waals surface area contributed by atoms with Crippen molar-refractivity contribution in [1.29, 1.82) is 0 Å². The number of aliphatic hydroxyl groups excluding tert-OH is 1. The zero-order valence-corrected chi connectivity index (χ0v) is 14.2. The molecule has 0 aliphatic carbocycles. The van der Waals surface area contributed by atoms with Crippen LogP contribution >= 0.6 is 11.7 Å². The topological polar surface area (TPSA) is 52.5 Å². The third-order valence-corrected chi connectivity index (χ3v) is 5.86. The molecule has 0 bridgehead atoms. The lowest BCUT2D eigenvalue weighted by molar-refractivity contribution is 0.175. The second-order valence-corrected chi connectivity index (χ2v) is 7.52. The van der Waals surface area contributed by atoms with Crippen molar-refractivity contribution in [2.24, 2.45) is 11.8 Å². The molecule has 2 atom stereocenters. The summed E-state index contributed by atoms with van der Waals surface area (Å²) in [4.78, 5) is 5.06. The Balaban J connectivity index is 1.40. The van der Waals surface area contributed by atoms with Gasteiger partial charge >= 0.3 is 0 Å². The van der Waals surface area contributed by atoms with Crippen LogP contribution in [0.1, 0.15) is 18.4 Å². The Labute approximate surface area is 141 Å². The highest BCUT2D eigenvalue weighted by molar-refractivity contribution is 7.00. The maximum absolute atomic E-state index is 9.75. The van der Waals surface area contributed by atoms with Crippen molar-refractivity contribution < 1.29 is 5.11 Å². The summed E-state index contributed by atoms with van der Waals surface area (Å²) < 4.78 is 8.60. The Bertz CT molecular complexity index is 655. The van der Waals surface area contributed by atoms with Crippen LogP contribution in [-0.2, 0) is 6.54 Å². The fourth-order valence-electron chi connectivity index (χ4n) is 4.06. The highest BCUT2D eigenvalue weighted by Gasteiger charge is 2.33. The van der Waals surface area contributed by atoms with Gasteiger partial charge in [0.1, 0.15) is 11.0 Å². The minimum absolute atomic E-state index is 0.310. The SMILES string of the molecule is OC[C@H]1CN(Cc2ccc3nsnc3c2)C[C@H]1CN1CCCC1. The van der Waals surface area contributed by atoms with Gasteiger partial charge in [0.2, 0.25) is 0 Å². The number of aliphatic hydroxyl groups is 1. The first-order valence-corrected chi connectivity index (χ1v) is 9.31. The highest BCUT2D eigenvalue weighted by atomic mass is 32.1. The van der Waals surface area contributed by atoms with Crippen molar-refractivity contribution >= 4 is 22.8 Å². The third-order valence-electron chi connectivity index (χ3n) is 5.30. The number of aromatic nitrogens is 2. The van der Waals surface area contributed by atoms with Gasteiger partial charge in [-0.05, 0) is 55.5 Å². The number of nitrogens with zero attached hydrogens (tertiary/aromatic N) is 4. The molecule has 5 nitrogen and oxygen atoms in total. The zero-order valence-electron chi connectivity index (χ0n) is 13.4. The fourth-order valence-corrected chi connectivity index (χ4v) is 4.58. The molecule has 0 unspecified atom stereocenters. The molecule has 4 rings (SSSR count). The van der Waals surface area contributed by atoms with E-state index in [9.17, 15) is 5.11 Å². The lowest BCUT2D eigenvalue weighted by Crippen LogP contribution is -2.31. The quantitative estimate of drug-likeness (QED) is 0.905. The van der Waals surface area contributed by atoms with Crippen LogP contribution in [0.2, 0.25) is 0 Å². The third kappa shape index (κ3) is 3.40. The maximum atomic E-state index is 9.75. The minimum atomic E-state index is 0.310. The standard InChI is InChI=1S/C17H24N4OS/c22-12-15-11-21(10-14(15)9-20-5-1-2-6-20)8-13-3-4-16-17(7-13)19-23-18-16/h3-4,7,14-15,22H,1-2,5-6,8-12H2/t14-,15-/m1/s1. The van der Waals surface area contributed by atoms with E-state index in [2.05, 4.69) is 36.7 Å². The van der Waals surface area contributed by atoms with Crippen molar-refractivity contribution in [2.45, 2.75) is 19.4 Å². The Morgan fingerprint density at radius 1 is 1.04 bits per heavy atom. The molecule has 0 saturated carbocycles. The predicted molar refractivity (Wildman–Crippen MR) is 92.4 cm³/mol. The summed E-state index contributed by atoms with van der Waals surface area (Å²) in [6, 6.07) is 6.38. The zero-order chi connectivity index (χ0) is 15.6. The molecule has 1 N–H and O–H groups in total. The second-order valence-electron chi connectivity index (χ2n) is 6.99. The van der Waals surface area contributed by atoms with Gasteiger partial charge in [-0.15, -0.1) is 0 Å². The number of hydrogen-bond donors (Lipinski definition) is 1. The predicted octanol–water partition coefficient (Wildman–Crippen LogP) is 1.83. The van der Waals surface area contributed by atoms with Crippen LogP contribution in [0.15, 0.2) is 18.2 Å². The van der Waals surface area contributed by atoms with Crippen LogP contribution in [0.3, 0.4) is 0 Å². The molecule has 2 aromatic rings. The number of likely N-dealkylation sites (tertiary alicyclic amines) is 2. The minimum Gasteiger partial charge on any atom is -0.396 e. The number of rotatable bonds is 5. The van der Waals surface area contributed by atoms with E-state index >= 15 is 0 Å². The van der Waals surface area contributed by atoms with Gasteiger partial charge < -0.3 is 10.0 Å². The molecule has 1 aromatic heterocycles. The number of benzene rings is 1. The summed E-state index contributed by atoms with van der Waals surface area (Å²) >= 11 is 1.27. The molecule has 0 radical (unpaired) electrons. The molecule has 6 heteroatoms. The lowest BCUT2D eigenvalue weighted by atomic mass is 9.96. The van der Waals surface area contributed by atoms with E-state index in [1.807, 2.05) is 0 Å². The Morgan fingerprint density at radius 2 is 1.83 bits per heavy atom. The Kier molecular flexibility index (Phi) is 4.57. The first kappa shape index (κ1) is 15.4. The molecule has 3 heterocycles. The van der Waals surface area contributed by atoms with Gasteiger partial charge in [-0.3, -0.25) is 4.90 Å². The second kappa shape index (κ2) is 6.81. The van der Waals surface area contributed by atoms with Gasteiger partial charge in [0.05, 0.1) is 11.7 Å². The molecular weight excluding hydrogens is 308 g/mol. The van der Waals surface area contributed by atoms with E-state index in [1.165, 1.54) is 43.2 Å². The summed E-state index contributed by atoms with van der Waals surface area (Å²) in [6.45, 7) is 6.98. The van der Waals surface area contributed by atoms with Crippen molar-refractivity contribution in [3.63, 3.8) is 0 Å². The van der Waals surface area contributed by atoms with Gasteiger partial charge in [0.15, 0.2) is 0 Å². The van der Waals surface area contributed by atoms with Crippen molar-refractivity contribution in [1.82, 2.24) is 18.5 Å². The van der Waals surface area contributed by atoms with Crippen LogP contribution in [0.25, 0.3) is 11.0 Å². The molecule has 2 aliphatic heterocycles. The average Bonchev–Trinajstić information content (AvgIpc) is 3.28. The van der Waals surface area contributed by atoms with Crippen LogP contribution in [-0.4, -0.2) is 63.0 Å². The van der Waals surface area contributed by atoms with E-state index in [-0.39, 0.29) is 0 Å². The van der Waals surface area contributed by atoms with E-state index in [4.69, 9.17) is 0 Å². The summed E-state index contributed by atoms with van der Waals surface area (Å²) in [5.41, 5.74) is 3.28. The van der Waals surface area contributed by atoms with Crippen LogP contribution in [0.5, 0.6) is 0 Å². The van der Waals surface area contributed by atoms with Crippen LogP contribution < -0.4 is 0 Å². The molecule has 1 aromatic carbocycles. The summed E-state index contributed by atoms with van der Waals surface area (Å²) in [5, 5.41) is 9.75. The molecule has 2 aliphatic rings. The van der Waals surface area contributed by atoms with Crippen LogP contribution in [0, 0.1) is 11.8 Å². The molecule has 2 saturated heterocycles. The van der Waals surface area contributed by atoms with Gasteiger partial charge in [0.25, 0.3) is 0 Å². The van der Waals surface area contributed by atoms with Crippen molar-refractivity contribution in [3.05, 3.63) is 23.8 Å². The fraction of sp³-hybridized carbons (Fsp3) is 0.647. The van der Waals surface area contributed by atoms with Crippen molar-refractivity contribution in [2.75, 3.05) is 39.3 Å². The summed E-state index contributed by atoms with van der Waals surface area (Å²) in [6.07, 6.45) is 2.67. The molecule has 2 fully saturated rings. The largest absolute Gasteiger partial charge is 0.396 e. The monoisotopic (exact) mass is 332 g/mol. The number of hydrogen-bond acceptors (Lipinski definition) is 6. The maximum Gasteiger partial charge on any atom is 0.105 e. The van der Waals surface area contributed by atoms with E-state index in [1.54, 1.807) is 0 Å². The lowest BCUT2D eigenvalue weighted by Gasteiger charge is -2.23. The molecule has 0 amide bonds. The van der Waals surface area contributed by atoms with Gasteiger partial charge in [-0.2, -0.15) is 8.75 Å².